The Kier molecular flexibility index (Phi) is 4.21. The lowest BCUT2D eigenvalue weighted by atomic mass is 10.3. The molecule has 0 aliphatic rings. The molecule has 0 bridgehead atoms. The number of hydrogen-bond donors (Lipinski definition) is 2. The van der Waals surface area contributed by atoms with Crippen molar-refractivity contribution in [3.8, 4) is 0 Å². The molecule has 0 spiro atoms. The second kappa shape index (κ2) is 5.03. The van der Waals surface area contributed by atoms with Crippen molar-refractivity contribution in [1.82, 2.24) is 0 Å². The predicted octanol–water partition coefficient (Wildman–Crippen LogP) is 1.73. The molecule has 15 heavy (non-hydrogen) atoms. The average molecular weight is 270 g/mol. The summed E-state index contributed by atoms with van der Waals surface area (Å²) in [5.41, 5.74) is 0.279. The number of hydrogen-bond acceptors (Lipinski definition) is 3. The standard InChI is InChI=1S/C8H9Cl2NO3S/c9-6-3-7(10)5-8(4-6)11-15(13,14)2-1-12/h3-5,11-12H,1-2H2. The molecule has 0 saturated heterocycles. The first kappa shape index (κ1) is 12.6. The summed E-state index contributed by atoms with van der Waals surface area (Å²) in [6.07, 6.45) is 0. The fraction of sp³-hybridized carbons (Fsp3) is 0.250. The molecule has 0 aliphatic heterocycles. The molecular weight excluding hydrogens is 261 g/mol. The molecule has 0 radical (unpaired) electrons. The van der Waals surface area contributed by atoms with E-state index in [2.05, 4.69) is 4.72 Å². The molecule has 0 amide bonds. The maximum Gasteiger partial charge on any atom is 0.234 e. The molecule has 0 heterocycles. The fourth-order valence-electron chi connectivity index (χ4n) is 0.964. The molecule has 7 heteroatoms. The summed E-state index contributed by atoms with van der Waals surface area (Å²) in [7, 11) is -3.54. The number of halogens is 2. The van der Waals surface area contributed by atoms with E-state index in [0.717, 1.165) is 0 Å². The minimum atomic E-state index is -3.54. The second-order valence-electron chi connectivity index (χ2n) is 2.80. The van der Waals surface area contributed by atoms with Crippen LogP contribution >= 0.6 is 23.2 Å². The van der Waals surface area contributed by atoms with Crippen LogP contribution < -0.4 is 4.72 Å². The molecule has 0 atom stereocenters. The van der Waals surface area contributed by atoms with Crippen LogP contribution in [-0.4, -0.2) is 25.9 Å². The van der Waals surface area contributed by atoms with E-state index < -0.39 is 16.6 Å². The maximum atomic E-state index is 11.3. The smallest absolute Gasteiger partial charge is 0.234 e. The van der Waals surface area contributed by atoms with Gasteiger partial charge in [-0.2, -0.15) is 0 Å². The fourth-order valence-corrected chi connectivity index (χ4v) is 2.31. The van der Waals surface area contributed by atoms with E-state index in [1.54, 1.807) is 0 Å². The molecule has 0 aliphatic carbocycles. The first-order valence-electron chi connectivity index (χ1n) is 4.00. The van der Waals surface area contributed by atoms with Crippen LogP contribution in [0.5, 0.6) is 0 Å². The Morgan fingerprint density at radius 2 is 1.73 bits per heavy atom. The van der Waals surface area contributed by atoms with E-state index in [1.165, 1.54) is 18.2 Å². The van der Waals surface area contributed by atoms with Gasteiger partial charge in [0.2, 0.25) is 10.0 Å². The first-order chi connectivity index (χ1) is 6.93. The van der Waals surface area contributed by atoms with Gasteiger partial charge < -0.3 is 5.11 Å². The molecular formula is C8H9Cl2NO3S. The van der Waals surface area contributed by atoms with Gasteiger partial charge in [-0.3, -0.25) is 4.72 Å². The van der Waals surface area contributed by atoms with Crippen LogP contribution in [0.2, 0.25) is 10.0 Å². The summed E-state index contributed by atoms with van der Waals surface area (Å²) in [4.78, 5) is 0. The van der Waals surface area contributed by atoms with Gasteiger partial charge in [0.15, 0.2) is 0 Å². The Labute approximate surface area is 97.9 Å². The maximum absolute atomic E-state index is 11.3. The third-order valence-electron chi connectivity index (χ3n) is 1.50. The minimum absolute atomic E-state index is 0.279. The van der Waals surface area contributed by atoms with E-state index in [0.29, 0.717) is 10.0 Å². The van der Waals surface area contributed by atoms with Crippen LogP contribution in [0.3, 0.4) is 0 Å². The molecule has 0 unspecified atom stereocenters. The van der Waals surface area contributed by atoms with Gasteiger partial charge in [0.1, 0.15) is 0 Å². The molecule has 0 aromatic heterocycles. The highest BCUT2D eigenvalue weighted by Crippen LogP contribution is 2.23. The molecule has 84 valence electrons. The Hall–Kier alpha value is -0.490. The summed E-state index contributed by atoms with van der Waals surface area (Å²) in [6, 6.07) is 4.36. The Bertz CT molecular complexity index is 427. The lowest BCUT2D eigenvalue weighted by Crippen LogP contribution is -2.18. The zero-order valence-electron chi connectivity index (χ0n) is 7.57. The lowest BCUT2D eigenvalue weighted by molar-refractivity contribution is 0.320. The van der Waals surface area contributed by atoms with Crippen molar-refractivity contribution in [1.29, 1.82) is 0 Å². The molecule has 0 saturated carbocycles. The molecule has 0 fully saturated rings. The molecule has 1 rings (SSSR count). The van der Waals surface area contributed by atoms with Crippen LogP contribution in [0.15, 0.2) is 18.2 Å². The van der Waals surface area contributed by atoms with Crippen molar-refractivity contribution in [2.75, 3.05) is 17.1 Å². The van der Waals surface area contributed by atoms with Crippen molar-refractivity contribution in [2.45, 2.75) is 0 Å². The van der Waals surface area contributed by atoms with Gasteiger partial charge in [0.25, 0.3) is 0 Å². The van der Waals surface area contributed by atoms with Gasteiger partial charge in [0, 0.05) is 10.0 Å². The second-order valence-corrected chi connectivity index (χ2v) is 5.52. The highest BCUT2D eigenvalue weighted by molar-refractivity contribution is 7.92. The predicted molar refractivity (Wildman–Crippen MR) is 61.0 cm³/mol. The van der Waals surface area contributed by atoms with Gasteiger partial charge in [-0.05, 0) is 18.2 Å². The Balaban J connectivity index is 2.90. The molecule has 4 nitrogen and oxygen atoms in total. The lowest BCUT2D eigenvalue weighted by Gasteiger charge is -2.07. The summed E-state index contributed by atoms with van der Waals surface area (Å²) >= 11 is 11.4. The normalized spacial score (nSPS) is 11.4. The van der Waals surface area contributed by atoms with Crippen LogP contribution in [0.1, 0.15) is 0 Å². The van der Waals surface area contributed by atoms with Crippen LogP contribution in [0.4, 0.5) is 5.69 Å². The largest absolute Gasteiger partial charge is 0.395 e. The summed E-state index contributed by atoms with van der Waals surface area (Å²) in [5.74, 6) is -0.364. The van der Waals surface area contributed by atoms with Gasteiger partial charge in [-0.25, -0.2) is 8.42 Å². The van der Waals surface area contributed by atoms with Crippen LogP contribution in [0.25, 0.3) is 0 Å². The number of benzene rings is 1. The highest BCUT2D eigenvalue weighted by atomic mass is 35.5. The molecule has 1 aromatic rings. The summed E-state index contributed by atoms with van der Waals surface area (Å²) in [6.45, 7) is -0.441. The number of nitrogens with one attached hydrogen (secondary N) is 1. The first-order valence-corrected chi connectivity index (χ1v) is 6.41. The van der Waals surface area contributed by atoms with E-state index in [-0.39, 0.29) is 11.4 Å². The third-order valence-corrected chi connectivity index (χ3v) is 3.20. The van der Waals surface area contributed by atoms with Crippen molar-refractivity contribution in [2.24, 2.45) is 0 Å². The number of aliphatic hydroxyl groups is 1. The van der Waals surface area contributed by atoms with Gasteiger partial charge >= 0.3 is 0 Å². The van der Waals surface area contributed by atoms with Gasteiger partial charge in [-0.15, -0.1) is 0 Å². The van der Waals surface area contributed by atoms with Crippen molar-refractivity contribution < 1.29 is 13.5 Å². The molecule has 2 N–H and O–H groups in total. The zero-order chi connectivity index (χ0) is 11.5. The zero-order valence-corrected chi connectivity index (χ0v) is 9.90. The topological polar surface area (TPSA) is 66.4 Å². The SMILES string of the molecule is O=S(=O)(CCO)Nc1cc(Cl)cc(Cl)c1. The number of anilines is 1. The number of sulfonamides is 1. The molecule has 1 aromatic carbocycles. The third kappa shape index (κ3) is 4.25. The van der Waals surface area contributed by atoms with E-state index in [9.17, 15) is 8.42 Å². The summed E-state index contributed by atoms with van der Waals surface area (Å²) in [5, 5.41) is 9.19. The summed E-state index contributed by atoms with van der Waals surface area (Å²) < 4.78 is 24.8. The van der Waals surface area contributed by atoms with Crippen molar-refractivity contribution in [3.63, 3.8) is 0 Å². The van der Waals surface area contributed by atoms with Crippen molar-refractivity contribution >= 4 is 38.9 Å². The van der Waals surface area contributed by atoms with Crippen LogP contribution in [-0.2, 0) is 10.0 Å². The number of aliphatic hydroxyl groups excluding tert-OH is 1. The quantitative estimate of drug-likeness (QED) is 0.875. The average Bonchev–Trinajstić information content (AvgIpc) is 1.99. The highest BCUT2D eigenvalue weighted by Gasteiger charge is 2.09. The Morgan fingerprint density at radius 3 is 2.20 bits per heavy atom. The monoisotopic (exact) mass is 269 g/mol. The van der Waals surface area contributed by atoms with Gasteiger partial charge in [-0.1, -0.05) is 23.2 Å². The van der Waals surface area contributed by atoms with Crippen LogP contribution in [0, 0.1) is 0 Å². The van der Waals surface area contributed by atoms with Crippen molar-refractivity contribution in [3.05, 3.63) is 28.2 Å². The van der Waals surface area contributed by atoms with E-state index in [4.69, 9.17) is 28.3 Å². The Morgan fingerprint density at radius 1 is 1.20 bits per heavy atom. The van der Waals surface area contributed by atoms with Gasteiger partial charge in [0.05, 0.1) is 18.0 Å². The number of rotatable bonds is 4. The van der Waals surface area contributed by atoms with E-state index in [1.807, 2.05) is 0 Å². The minimum Gasteiger partial charge on any atom is -0.395 e. The van der Waals surface area contributed by atoms with E-state index >= 15 is 0 Å².